The lowest BCUT2D eigenvalue weighted by atomic mass is 10.2. The Hall–Kier alpha value is -0.580. The van der Waals surface area contributed by atoms with Crippen LogP contribution in [0.1, 0.15) is 24.8 Å². The second-order valence-corrected chi connectivity index (χ2v) is 6.75. The third-order valence-corrected chi connectivity index (χ3v) is 5.03. The van der Waals surface area contributed by atoms with Gasteiger partial charge >= 0.3 is 0 Å². The second-order valence-electron chi connectivity index (χ2n) is 4.35. The molecule has 1 aromatic carbocycles. The van der Waals surface area contributed by atoms with E-state index >= 15 is 0 Å². The molecule has 0 unspecified atom stereocenters. The van der Waals surface area contributed by atoms with Gasteiger partial charge < -0.3 is 0 Å². The number of piperidine rings is 1. The molecular weight excluding hydrogens is 258 g/mol. The van der Waals surface area contributed by atoms with Crippen LogP contribution in [-0.2, 0) is 15.8 Å². The van der Waals surface area contributed by atoms with E-state index in [0.29, 0.717) is 18.1 Å². The van der Waals surface area contributed by atoms with E-state index in [1.165, 1.54) is 0 Å². The van der Waals surface area contributed by atoms with Gasteiger partial charge in [0, 0.05) is 18.1 Å². The molecule has 0 atom stereocenters. The Morgan fingerprint density at radius 3 is 2.53 bits per heavy atom. The number of rotatable bonds is 3. The minimum atomic E-state index is -3.18. The molecule has 0 aromatic heterocycles. The molecular formula is C12H16ClNO2S. The predicted molar refractivity (Wildman–Crippen MR) is 69.5 cm³/mol. The largest absolute Gasteiger partial charge is 0.218 e. The van der Waals surface area contributed by atoms with Gasteiger partial charge in [0.15, 0.2) is 0 Å². The van der Waals surface area contributed by atoms with E-state index in [1.807, 2.05) is 0 Å². The van der Waals surface area contributed by atoms with Crippen molar-refractivity contribution >= 4 is 21.6 Å². The summed E-state index contributed by atoms with van der Waals surface area (Å²) in [6.07, 6.45) is 3.06. The molecule has 1 aliphatic heterocycles. The Labute approximate surface area is 107 Å². The molecule has 0 N–H and O–H groups in total. The van der Waals surface area contributed by atoms with E-state index in [1.54, 1.807) is 28.6 Å². The summed E-state index contributed by atoms with van der Waals surface area (Å²) in [5.74, 6) is 0.0492. The van der Waals surface area contributed by atoms with Gasteiger partial charge in [-0.05, 0) is 30.5 Å². The quantitative estimate of drug-likeness (QED) is 0.849. The molecule has 1 aliphatic rings. The maximum atomic E-state index is 12.1. The summed E-state index contributed by atoms with van der Waals surface area (Å²) in [6, 6.07) is 7.04. The highest BCUT2D eigenvalue weighted by Crippen LogP contribution is 2.18. The van der Waals surface area contributed by atoms with Crippen molar-refractivity contribution in [2.45, 2.75) is 25.0 Å². The Kier molecular flexibility index (Phi) is 4.07. The first-order valence-electron chi connectivity index (χ1n) is 5.80. The van der Waals surface area contributed by atoms with Crippen molar-refractivity contribution in [3.8, 4) is 0 Å². The monoisotopic (exact) mass is 273 g/mol. The maximum Gasteiger partial charge on any atom is 0.218 e. The maximum absolute atomic E-state index is 12.1. The molecule has 0 aliphatic carbocycles. The molecule has 1 heterocycles. The minimum Gasteiger partial charge on any atom is -0.212 e. The van der Waals surface area contributed by atoms with Crippen LogP contribution < -0.4 is 0 Å². The average molecular weight is 274 g/mol. The topological polar surface area (TPSA) is 37.4 Å². The van der Waals surface area contributed by atoms with E-state index in [2.05, 4.69) is 0 Å². The zero-order valence-corrected chi connectivity index (χ0v) is 11.2. The van der Waals surface area contributed by atoms with Crippen LogP contribution in [0, 0.1) is 0 Å². The third-order valence-electron chi connectivity index (χ3n) is 2.95. The Balaban J connectivity index is 2.11. The number of nitrogens with zero attached hydrogens (tertiary/aromatic N) is 1. The standard InChI is InChI=1S/C12H16ClNO2S/c13-12-6-4-5-11(9-12)10-17(15,16)14-7-2-1-3-8-14/h4-6,9H,1-3,7-8,10H2. The van der Waals surface area contributed by atoms with Gasteiger partial charge in [-0.3, -0.25) is 0 Å². The van der Waals surface area contributed by atoms with Crippen LogP contribution in [0.5, 0.6) is 0 Å². The summed E-state index contributed by atoms with van der Waals surface area (Å²) < 4.78 is 25.9. The highest BCUT2D eigenvalue weighted by atomic mass is 35.5. The smallest absolute Gasteiger partial charge is 0.212 e. The number of halogens is 1. The molecule has 2 rings (SSSR count). The molecule has 1 fully saturated rings. The normalized spacial score (nSPS) is 18.2. The van der Waals surface area contributed by atoms with Crippen LogP contribution in [0.2, 0.25) is 5.02 Å². The molecule has 0 radical (unpaired) electrons. The molecule has 3 nitrogen and oxygen atoms in total. The summed E-state index contributed by atoms with van der Waals surface area (Å²) in [6.45, 7) is 1.31. The molecule has 0 bridgehead atoms. The number of benzene rings is 1. The second kappa shape index (κ2) is 5.38. The fraction of sp³-hybridized carbons (Fsp3) is 0.500. The first kappa shape index (κ1) is 12.9. The fourth-order valence-electron chi connectivity index (χ4n) is 2.07. The molecule has 17 heavy (non-hydrogen) atoms. The van der Waals surface area contributed by atoms with E-state index in [4.69, 9.17) is 11.6 Å². The molecule has 1 saturated heterocycles. The number of hydrogen-bond donors (Lipinski definition) is 0. The molecule has 0 amide bonds. The van der Waals surface area contributed by atoms with Gasteiger partial charge in [-0.15, -0.1) is 0 Å². The van der Waals surface area contributed by atoms with E-state index in [9.17, 15) is 8.42 Å². The van der Waals surface area contributed by atoms with E-state index < -0.39 is 10.0 Å². The van der Waals surface area contributed by atoms with E-state index in [0.717, 1.165) is 24.8 Å². The lowest BCUT2D eigenvalue weighted by Crippen LogP contribution is -2.36. The summed E-state index contributed by atoms with van der Waals surface area (Å²) in [7, 11) is -3.18. The van der Waals surface area contributed by atoms with Gasteiger partial charge in [-0.1, -0.05) is 30.2 Å². The van der Waals surface area contributed by atoms with Crippen LogP contribution >= 0.6 is 11.6 Å². The zero-order valence-electron chi connectivity index (χ0n) is 9.60. The summed E-state index contributed by atoms with van der Waals surface area (Å²) in [5, 5.41) is 0.580. The minimum absolute atomic E-state index is 0.0492. The van der Waals surface area contributed by atoms with Crippen molar-refractivity contribution in [1.29, 1.82) is 0 Å². The summed E-state index contributed by atoms with van der Waals surface area (Å²) in [4.78, 5) is 0. The zero-order chi connectivity index (χ0) is 12.3. The Bertz CT molecular complexity index is 481. The van der Waals surface area contributed by atoms with Crippen LogP contribution in [0.15, 0.2) is 24.3 Å². The number of sulfonamides is 1. The first-order valence-corrected chi connectivity index (χ1v) is 7.79. The van der Waals surface area contributed by atoms with Crippen molar-refractivity contribution in [2.24, 2.45) is 0 Å². The van der Waals surface area contributed by atoms with E-state index in [-0.39, 0.29) is 5.75 Å². The van der Waals surface area contributed by atoms with Crippen molar-refractivity contribution in [1.82, 2.24) is 4.31 Å². The number of hydrogen-bond acceptors (Lipinski definition) is 2. The van der Waals surface area contributed by atoms with Gasteiger partial charge in [0.05, 0.1) is 5.75 Å². The predicted octanol–water partition coefficient (Wildman–Crippen LogP) is 2.66. The molecule has 0 saturated carbocycles. The lowest BCUT2D eigenvalue weighted by molar-refractivity contribution is 0.346. The van der Waals surface area contributed by atoms with Gasteiger partial charge in [0.25, 0.3) is 0 Å². The highest BCUT2D eigenvalue weighted by molar-refractivity contribution is 7.88. The SMILES string of the molecule is O=S(=O)(Cc1cccc(Cl)c1)N1CCCCC1. The molecule has 1 aromatic rings. The molecule has 5 heteroatoms. The third kappa shape index (κ3) is 3.44. The van der Waals surface area contributed by atoms with Gasteiger partial charge in [0.1, 0.15) is 0 Å². The fourth-order valence-corrected chi connectivity index (χ4v) is 3.88. The van der Waals surface area contributed by atoms with Gasteiger partial charge in [-0.2, -0.15) is 0 Å². The average Bonchev–Trinajstić information content (AvgIpc) is 2.29. The first-order chi connectivity index (χ1) is 8.08. The van der Waals surface area contributed by atoms with Gasteiger partial charge in [-0.25, -0.2) is 12.7 Å². The summed E-state index contributed by atoms with van der Waals surface area (Å²) >= 11 is 5.85. The van der Waals surface area contributed by atoms with Crippen molar-refractivity contribution in [3.63, 3.8) is 0 Å². The lowest BCUT2D eigenvalue weighted by Gasteiger charge is -2.25. The van der Waals surface area contributed by atoms with Crippen molar-refractivity contribution < 1.29 is 8.42 Å². The van der Waals surface area contributed by atoms with Crippen LogP contribution in [0.4, 0.5) is 0 Å². The molecule has 94 valence electrons. The highest BCUT2D eigenvalue weighted by Gasteiger charge is 2.23. The van der Waals surface area contributed by atoms with Crippen LogP contribution in [-0.4, -0.2) is 25.8 Å². The van der Waals surface area contributed by atoms with Crippen LogP contribution in [0.25, 0.3) is 0 Å². The van der Waals surface area contributed by atoms with Crippen molar-refractivity contribution in [2.75, 3.05) is 13.1 Å². The van der Waals surface area contributed by atoms with Crippen molar-refractivity contribution in [3.05, 3.63) is 34.9 Å². The van der Waals surface area contributed by atoms with Crippen LogP contribution in [0.3, 0.4) is 0 Å². The molecule has 0 spiro atoms. The Morgan fingerprint density at radius 1 is 1.18 bits per heavy atom. The Morgan fingerprint density at radius 2 is 1.88 bits per heavy atom. The summed E-state index contributed by atoms with van der Waals surface area (Å²) in [5.41, 5.74) is 0.753. The van der Waals surface area contributed by atoms with Gasteiger partial charge in [0.2, 0.25) is 10.0 Å².